The van der Waals surface area contributed by atoms with Gasteiger partial charge in [0, 0.05) is 25.5 Å². The van der Waals surface area contributed by atoms with E-state index in [1.165, 1.54) is 23.5 Å². The standard InChI is InChI=1S/C23H31N3O6S/c1-3-32-20-8-6-18(7-9-20)22(23(27)25-28)26(16-17-5-4-14-24-15-17)33(29,30)21-12-10-19(31-2)11-13-21/h4-5,10-15,18,20,22,28H,3,6-9,16H2,1-2H3,(H,25,27). The van der Waals surface area contributed by atoms with Crippen molar-refractivity contribution in [3.63, 3.8) is 0 Å². The number of hydrogen-bond acceptors (Lipinski definition) is 7. The molecule has 180 valence electrons. The van der Waals surface area contributed by atoms with Crippen LogP contribution in [-0.2, 0) is 26.1 Å². The topological polar surface area (TPSA) is 118 Å². The quantitative estimate of drug-likeness (QED) is 0.399. The van der Waals surface area contributed by atoms with Gasteiger partial charge in [-0.15, -0.1) is 0 Å². The summed E-state index contributed by atoms with van der Waals surface area (Å²) in [6, 6.07) is 8.39. The lowest BCUT2D eigenvalue weighted by molar-refractivity contribution is -0.136. The molecule has 2 aromatic rings. The number of methoxy groups -OCH3 is 1. The van der Waals surface area contributed by atoms with Crippen molar-refractivity contribution in [1.29, 1.82) is 0 Å². The zero-order valence-electron chi connectivity index (χ0n) is 18.9. The fraction of sp³-hybridized carbons (Fsp3) is 0.478. The first-order valence-corrected chi connectivity index (χ1v) is 12.4. The number of hydroxylamine groups is 1. The lowest BCUT2D eigenvalue weighted by Crippen LogP contribution is -2.53. The molecule has 2 N–H and O–H groups in total. The summed E-state index contributed by atoms with van der Waals surface area (Å²) in [6.07, 6.45) is 5.90. The summed E-state index contributed by atoms with van der Waals surface area (Å²) < 4.78 is 39.6. The molecule has 1 aromatic carbocycles. The maximum absolute atomic E-state index is 13.8. The fourth-order valence-electron chi connectivity index (χ4n) is 4.34. The molecular weight excluding hydrogens is 446 g/mol. The van der Waals surface area contributed by atoms with Crippen molar-refractivity contribution in [1.82, 2.24) is 14.8 Å². The first kappa shape index (κ1) is 25.1. The Kier molecular flexibility index (Phi) is 8.79. The number of rotatable bonds is 10. The highest BCUT2D eigenvalue weighted by molar-refractivity contribution is 7.89. The number of carbonyl (C=O) groups is 1. The minimum atomic E-state index is -4.10. The predicted molar refractivity (Wildman–Crippen MR) is 121 cm³/mol. The number of benzene rings is 1. The van der Waals surface area contributed by atoms with Crippen LogP contribution in [0.15, 0.2) is 53.7 Å². The number of pyridine rings is 1. The van der Waals surface area contributed by atoms with Crippen LogP contribution in [0.3, 0.4) is 0 Å². The fourth-order valence-corrected chi connectivity index (χ4v) is 5.98. The van der Waals surface area contributed by atoms with Crippen LogP contribution in [0.25, 0.3) is 0 Å². The molecular formula is C23H31N3O6S. The van der Waals surface area contributed by atoms with Crippen LogP contribution in [0.4, 0.5) is 0 Å². The number of hydrogen-bond donors (Lipinski definition) is 2. The van der Waals surface area contributed by atoms with E-state index in [9.17, 15) is 18.4 Å². The number of sulfonamides is 1. The van der Waals surface area contributed by atoms with E-state index in [1.54, 1.807) is 42.1 Å². The Balaban J connectivity index is 2.00. The number of carbonyl (C=O) groups excluding carboxylic acids is 1. The first-order chi connectivity index (χ1) is 15.9. The first-order valence-electron chi connectivity index (χ1n) is 11.0. The van der Waals surface area contributed by atoms with Crippen molar-refractivity contribution in [3.8, 4) is 5.75 Å². The highest BCUT2D eigenvalue weighted by Gasteiger charge is 2.42. The van der Waals surface area contributed by atoms with E-state index in [0.717, 1.165) is 12.8 Å². The Bertz CT molecular complexity index is 993. The van der Waals surface area contributed by atoms with Crippen LogP contribution in [0.5, 0.6) is 5.75 Å². The molecule has 1 atom stereocenters. The van der Waals surface area contributed by atoms with Crippen molar-refractivity contribution in [2.24, 2.45) is 5.92 Å². The third-order valence-electron chi connectivity index (χ3n) is 5.98. The number of nitrogens with zero attached hydrogens (tertiary/aromatic N) is 2. The summed E-state index contributed by atoms with van der Waals surface area (Å²) in [4.78, 5) is 17.0. The van der Waals surface area contributed by atoms with E-state index in [4.69, 9.17) is 9.47 Å². The molecule has 1 saturated carbocycles. The van der Waals surface area contributed by atoms with Gasteiger partial charge in [-0.25, -0.2) is 13.9 Å². The number of nitrogens with one attached hydrogen (secondary N) is 1. The maximum Gasteiger partial charge on any atom is 0.262 e. The molecule has 0 bridgehead atoms. The second kappa shape index (κ2) is 11.6. The van der Waals surface area contributed by atoms with Gasteiger partial charge in [-0.05, 0) is 74.4 Å². The van der Waals surface area contributed by atoms with Crippen molar-refractivity contribution in [2.75, 3.05) is 13.7 Å². The molecule has 33 heavy (non-hydrogen) atoms. The summed E-state index contributed by atoms with van der Waals surface area (Å²) in [7, 11) is -2.61. The maximum atomic E-state index is 13.8. The van der Waals surface area contributed by atoms with Crippen LogP contribution >= 0.6 is 0 Å². The number of ether oxygens (including phenoxy) is 2. The lowest BCUT2D eigenvalue weighted by Gasteiger charge is -2.38. The van der Waals surface area contributed by atoms with Gasteiger partial charge in [0.1, 0.15) is 11.8 Å². The Hall–Kier alpha value is -2.53. The van der Waals surface area contributed by atoms with Gasteiger partial charge < -0.3 is 9.47 Å². The molecule has 1 aromatic heterocycles. The predicted octanol–water partition coefficient (Wildman–Crippen LogP) is 2.75. The van der Waals surface area contributed by atoms with E-state index < -0.39 is 22.0 Å². The molecule has 1 amide bonds. The summed E-state index contributed by atoms with van der Waals surface area (Å²) in [6.45, 7) is 2.48. The van der Waals surface area contributed by atoms with Crippen molar-refractivity contribution >= 4 is 15.9 Å². The molecule has 1 fully saturated rings. The summed E-state index contributed by atoms with van der Waals surface area (Å²) >= 11 is 0. The molecule has 1 aliphatic carbocycles. The minimum Gasteiger partial charge on any atom is -0.497 e. The normalized spacial score (nSPS) is 19.8. The summed E-state index contributed by atoms with van der Waals surface area (Å²) in [5.41, 5.74) is 2.33. The minimum absolute atomic E-state index is 0.0333. The molecule has 0 saturated heterocycles. The Labute approximate surface area is 194 Å². The average Bonchev–Trinajstić information content (AvgIpc) is 2.85. The Morgan fingerprint density at radius 2 is 1.91 bits per heavy atom. The third kappa shape index (κ3) is 6.08. The highest BCUT2D eigenvalue weighted by atomic mass is 32.2. The zero-order valence-corrected chi connectivity index (χ0v) is 19.7. The highest BCUT2D eigenvalue weighted by Crippen LogP contribution is 2.34. The van der Waals surface area contributed by atoms with E-state index in [1.807, 2.05) is 6.92 Å². The summed E-state index contributed by atoms with van der Waals surface area (Å²) in [5.74, 6) is -0.513. The van der Waals surface area contributed by atoms with Gasteiger partial charge in [0.2, 0.25) is 10.0 Å². The molecule has 9 nitrogen and oxygen atoms in total. The largest absolute Gasteiger partial charge is 0.497 e. The van der Waals surface area contributed by atoms with Gasteiger partial charge in [-0.3, -0.25) is 15.0 Å². The third-order valence-corrected chi connectivity index (χ3v) is 7.83. The van der Waals surface area contributed by atoms with Crippen molar-refractivity contribution < 1.29 is 27.9 Å². The summed E-state index contributed by atoms with van der Waals surface area (Å²) in [5, 5.41) is 9.52. The second-order valence-electron chi connectivity index (χ2n) is 8.00. The number of aromatic nitrogens is 1. The lowest BCUT2D eigenvalue weighted by atomic mass is 9.82. The van der Waals surface area contributed by atoms with Gasteiger partial charge in [0.25, 0.3) is 5.91 Å². The Morgan fingerprint density at radius 1 is 1.21 bits per heavy atom. The zero-order chi connectivity index (χ0) is 23.8. The van der Waals surface area contributed by atoms with E-state index in [2.05, 4.69) is 4.98 Å². The van der Waals surface area contributed by atoms with Crippen molar-refractivity contribution in [3.05, 3.63) is 54.4 Å². The van der Waals surface area contributed by atoms with Gasteiger partial charge in [0.15, 0.2) is 0 Å². The molecule has 10 heteroatoms. The van der Waals surface area contributed by atoms with E-state index >= 15 is 0 Å². The molecule has 1 heterocycles. The van der Waals surface area contributed by atoms with Crippen LogP contribution in [-0.4, -0.2) is 54.7 Å². The monoisotopic (exact) mass is 477 g/mol. The van der Waals surface area contributed by atoms with Crippen LogP contribution in [0, 0.1) is 5.92 Å². The van der Waals surface area contributed by atoms with Crippen LogP contribution in [0.1, 0.15) is 38.2 Å². The van der Waals surface area contributed by atoms with Gasteiger partial charge in [-0.1, -0.05) is 6.07 Å². The van der Waals surface area contributed by atoms with Crippen molar-refractivity contribution in [2.45, 2.75) is 56.2 Å². The van der Waals surface area contributed by atoms with E-state index in [0.29, 0.717) is 30.8 Å². The second-order valence-corrected chi connectivity index (χ2v) is 9.89. The smallest absolute Gasteiger partial charge is 0.262 e. The van der Waals surface area contributed by atoms with Gasteiger partial charge in [0.05, 0.1) is 18.1 Å². The Morgan fingerprint density at radius 3 is 2.45 bits per heavy atom. The van der Waals surface area contributed by atoms with Crippen LogP contribution < -0.4 is 10.2 Å². The molecule has 0 spiro atoms. The van der Waals surface area contributed by atoms with E-state index in [-0.39, 0.29) is 23.5 Å². The molecule has 1 aliphatic rings. The van der Waals surface area contributed by atoms with Gasteiger partial charge >= 0.3 is 0 Å². The SMILES string of the molecule is CCOC1CCC(C(C(=O)NO)N(Cc2cccnc2)S(=O)(=O)c2ccc(OC)cc2)CC1. The van der Waals surface area contributed by atoms with Crippen LogP contribution in [0.2, 0.25) is 0 Å². The molecule has 1 unspecified atom stereocenters. The molecule has 0 aliphatic heterocycles. The average molecular weight is 478 g/mol. The number of amides is 1. The van der Waals surface area contributed by atoms with Gasteiger partial charge in [-0.2, -0.15) is 4.31 Å². The molecule has 3 rings (SSSR count). The molecule has 0 radical (unpaired) electrons.